The Morgan fingerprint density at radius 2 is 1.86 bits per heavy atom. The molecule has 0 atom stereocenters. The minimum Gasteiger partial charge on any atom is -0.242 e. The van der Waals surface area contributed by atoms with Crippen molar-refractivity contribution in [2.45, 2.75) is 17.9 Å². The van der Waals surface area contributed by atoms with Crippen LogP contribution in [0.5, 0.6) is 0 Å². The number of hydrogen-bond acceptors (Lipinski definition) is 3. The van der Waals surface area contributed by atoms with Gasteiger partial charge in [-0.15, -0.1) is 0 Å². The summed E-state index contributed by atoms with van der Waals surface area (Å²) >= 11 is 11.6. The summed E-state index contributed by atoms with van der Waals surface area (Å²) in [5, 5.41) is 0.231. The van der Waals surface area contributed by atoms with E-state index in [0.29, 0.717) is 19.5 Å². The van der Waals surface area contributed by atoms with E-state index in [9.17, 15) is 8.42 Å². The van der Waals surface area contributed by atoms with Gasteiger partial charge in [0.2, 0.25) is 10.0 Å². The molecule has 110 valence electrons. The minimum absolute atomic E-state index is 0.0660. The molecule has 0 saturated heterocycles. The smallest absolute Gasteiger partial charge is 0.242 e. The van der Waals surface area contributed by atoms with Crippen LogP contribution in [-0.2, 0) is 23.0 Å². The van der Waals surface area contributed by atoms with Gasteiger partial charge in [0, 0.05) is 19.3 Å². The molecule has 0 amide bonds. The molecular weight excluding hydrogens is 331 g/mol. The van der Waals surface area contributed by atoms with E-state index in [1.54, 1.807) is 0 Å². The maximum absolute atomic E-state index is 12.6. The van der Waals surface area contributed by atoms with Crippen molar-refractivity contribution in [3.63, 3.8) is 0 Å². The average molecular weight is 343 g/mol. The summed E-state index contributed by atoms with van der Waals surface area (Å²) in [6.45, 7) is 0.804. The van der Waals surface area contributed by atoms with Crippen LogP contribution < -0.4 is 0 Å². The highest BCUT2D eigenvalue weighted by atomic mass is 35.5. The maximum Gasteiger partial charge on any atom is 0.244 e. The molecule has 21 heavy (non-hydrogen) atoms. The van der Waals surface area contributed by atoms with E-state index in [2.05, 4.69) is 4.98 Å². The second-order valence-corrected chi connectivity index (χ2v) is 7.50. The highest BCUT2D eigenvalue weighted by Crippen LogP contribution is 2.27. The lowest BCUT2D eigenvalue weighted by Gasteiger charge is -2.28. The molecule has 0 fully saturated rings. The Balaban J connectivity index is 1.95. The van der Waals surface area contributed by atoms with Crippen LogP contribution in [0.1, 0.15) is 11.1 Å². The molecule has 0 radical (unpaired) electrons. The predicted octanol–water partition coefficient (Wildman–Crippen LogP) is 3.14. The third-order valence-electron chi connectivity index (χ3n) is 3.50. The summed E-state index contributed by atoms with van der Waals surface area (Å²) < 4.78 is 26.7. The van der Waals surface area contributed by atoms with Crippen molar-refractivity contribution >= 4 is 33.2 Å². The van der Waals surface area contributed by atoms with Gasteiger partial charge in [0.1, 0.15) is 10.0 Å². The van der Waals surface area contributed by atoms with Crippen LogP contribution in [-0.4, -0.2) is 24.3 Å². The molecule has 3 rings (SSSR count). The van der Waals surface area contributed by atoms with Gasteiger partial charge < -0.3 is 0 Å². The summed E-state index contributed by atoms with van der Waals surface area (Å²) in [7, 11) is -3.62. The molecule has 0 saturated carbocycles. The van der Waals surface area contributed by atoms with Crippen molar-refractivity contribution in [1.29, 1.82) is 0 Å². The minimum atomic E-state index is -3.62. The van der Waals surface area contributed by atoms with Gasteiger partial charge in [0.05, 0.1) is 5.02 Å². The van der Waals surface area contributed by atoms with Gasteiger partial charge in [-0.3, -0.25) is 0 Å². The van der Waals surface area contributed by atoms with Crippen LogP contribution in [0.25, 0.3) is 0 Å². The summed E-state index contributed by atoms with van der Waals surface area (Å²) in [6.07, 6.45) is 1.94. The molecule has 2 heterocycles. The lowest BCUT2D eigenvalue weighted by atomic mass is 10.0. The Kier molecular flexibility index (Phi) is 3.92. The summed E-state index contributed by atoms with van der Waals surface area (Å²) in [5.74, 6) is 0. The van der Waals surface area contributed by atoms with Crippen LogP contribution in [0.2, 0.25) is 10.2 Å². The third-order valence-corrected chi connectivity index (χ3v) is 6.00. The summed E-state index contributed by atoms with van der Waals surface area (Å²) in [5.41, 5.74) is 2.22. The summed E-state index contributed by atoms with van der Waals surface area (Å²) in [6, 6.07) is 9.19. The maximum atomic E-state index is 12.6. The summed E-state index contributed by atoms with van der Waals surface area (Å²) in [4.78, 5) is 3.88. The first-order valence-electron chi connectivity index (χ1n) is 6.36. The molecule has 1 aliphatic heterocycles. The van der Waals surface area contributed by atoms with Crippen LogP contribution >= 0.6 is 23.2 Å². The Morgan fingerprint density at radius 1 is 1.14 bits per heavy atom. The molecule has 0 bridgehead atoms. The van der Waals surface area contributed by atoms with Crippen molar-refractivity contribution in [3.05, 3.63) is 57.8 Å². The van der Waals surface area contributed by atoms with Crippen LogP contribution in [0.3, 0.4) is 0 Å². The number of benzene rings is 1. The number of aromatic nitrogens is 1. The van der Waals surface area contributed by atoms with E-state index in [-0.39, 0.29) is 15.1 Å². The van der Waals surface area contributed by atoms with Crippen LogP contribution in [0, 0.1) is 0 Å². The van der Waals surface area contributed by atoms with E-state index in [0.717, 1.165) is 5.56 Å². The monoisotopic (exact) mass is 342 g/mol. The molecule has 1 aliphatic rings. The van der Waals surface area contributed by atoms with Crippen molar-refractivity contribution in [2.75, 3.05) is 6.54 Å². The Morgan fingerprint density at radius 3 is 2.57 bits per heavy atom. The Hall–Kier alpha value is -1.14. The van der Waals surface area contributed by atoms with Crippen molar-refractivity contribution < 1.29 is 8.42 Å². The SMILES string of the molecule is O=S(=O)(c1cnc(Cl)c(Cl)c1)N1CCc2ccccc2C1. The van der Waals surface area contributed by atoms with E-state index in [4.69, 9.17) is 23.2 Å². The number of nitrogens with zero attached hydrogens (tertiary/aromatic N) is 2. The molecule has 7 heteroatoms. The van der Waals surface area contributed by atoms with Gasteiger partial charge in [-0.05, 0) is 23.6 Å². The molecule has 0 N–H and O–H groups in total. The fourth-order valence-corrected chi connectivity index (χ4v) is 4.09. The van der Waals surface area contributed by atoms with Gasteiger partial charge in [-0.2, -0.15) is 4.31 Å². The highest BCUT2D eigenvalue weighted by molar-refractivity contribution is 7.89. The molecule has 1 aromatic carbocycles. The molecule has 2 aromatic rings. The number of halogens is 2. The fraction of sp³-hybridized carbons (Fsp3) is 0.214. The zero-order chi connectivity index (χ0) is 15.0. The number of sulfonamides is 1. The second kappa shape index (κ2) is 5.57. The molecule has 0 aliphatic carbocycles. The number of pyridine rings is 1. The normalized spacial score (nSPS) is 15.7. The standard InChI is InChI=1S/C14H12Cl2N2O2S/c15-13-7-12(8-17-14(13)16)21(19,20)18-6-5-10-3-1-2-4-11(10)9-18/h1-4,7-8H,5-6,9H2. The number of rotatable bonds is 2. The van der Waals surface area contributed by atoms with Gasteiger partial charge in [0.15, 0.2) is 0 Å². The van der Waals surface area contributed by atoms with Gasteiger partial charge in [0.25, 0.3) is 0 Å². The zero-order valence-corrected chi connectivity index (χ0v) is 13.3. The van der Waals surface area contributed by atoms with Crippen LogP contribution in [0.15, 0.2) is 41.4 Å². The highest BCUT2D eigenvalue weighted by Gasteiger charge is 2.28. The van der Waals surface area contributed by atoms with Gasteiger partial charge in [-0.1, -0.05) is 47.5 Å². The third kappa shape index (κ3) is 2.79. The second-order valence-electron chi connectivity index (χ2n) is 4.80. The fourth-order valence-electron chi connectivity index (χ4n) is 2.37. The van der Waals surface area contributed by atoms with E-state index >= 15 is 0 Å². The molecule has 0 spiro atoms. The van der Waals surface area contributed by atoms with E-state index < -0.39 is 10.0 Å². The first-order chi connectivity index (χ1) is 9.98. The van der Waals surface area contributed by atoms with Gasteiger partial charge in [-0.25, -0.2) is 13.4 Å². The van der Waals surface area contributed by atoms with Crippen molar-refractivity contribution in [3.8, 4) is 0 Å². The molecular formula is C14H12Cl2N2O2S. The van der Waals surface area contributed by atoms with E-state index in [1.807, 2.05) is 24.3 Å². The topological polar surface area (TPSA) is 50.3 Å². The largest absolute Gasteiger partial charge is 0.244 e. The molecule has 0 unspecified atom stereocenters. The quantitative estimate of drug-likeness (QED) is 0.787. The first-order valence-corrected chi connectivity index (χ1v) is 8.56. The average Bonchev–Trinajstić information content (AvgIpc) is 2.49. The Bertz CT molecular complexity index is 793. The van der Waals surface area contributed by atoms with Crippen LogP contribution in [0.4, 0.5) is 0 Å². The number of fused-ring (bicyclic) bond motifs is 1. The molecule has 4 nitrogen and oxygen atoms in total. The first kappa shape index (κ1) is 14.8. The lowest BCUT2D eigenvalue weighted by Crippen LogP contribution is -2.36. The molecule has 1 aromatic heterocycles. The zero-order valence-electron chi connectivity index (χ0n) is 11.0. The number of hydrogen-bond donors (Lipinski definition) is 0. The van der Waals surface area contributed by atoms with Gasteiger partial charge >= 0.3 is 0 Å². The lowest BCUT2D eigenvalue weighted by molar-refractivity contribution is 0.391. The Labute approximate surface area is 133 Å². The van der Waals surface area contributed by atoms with Crippen molar-refractivity contribution in [2.24, 2.45) is 0 Å². The van der Waals surface area contributed by atoms with Crippen molar-refractivity contribution in [1.82, 2.24) is 9.29 Å². The van der Waals surface area contributed by atoms with E-state index in [1.165, 1.54) is 22.1 Å². The predicted molar refractivity (Wildman–Crippen MR) is 82.0 cm³/mol.